The van der Waals surface area contributed by atoms with Crippen molar-refractivity contribution in [3.8, 4) is 10.4 Å². The molecular weight excluding hydrogens is 212 g/mol. The monoisotopic (exact) mass is 218 g/mol. The van der Waals surface area contributed by atoms with Gasteiger partial charge in [-0.25, -0.2) is 0 Å². The van der Waals surface area contributed by atoms with Crippen molar-refractivity contribution in [3.63, 3.8) is 0 Å². The van der Waals surface area contributed by atoms with E-state index in [0.717, 1.165) is 4.83 Å². The van der Waals surface area contributed by atoms with Gasteiger partial charge in [-0.15, -0.1) is 16.4 Å². The van der Waals surface area contributed by atoms with E-state index in [1.165, 1.54) is 26.7 Å². The number of hydrogen-bond acceptors (Lipinski definition) is 4. The van der Waals surface area contributed by atoms with Crippen molar-refractivity contribution in [1.29, 1.82) is 0 Å². The Morgan fingerprint density at radius 1 is 1.07 bits per heavy atom. The van der Waals surface area contributed by atoms with Crippen LogP contribution in [0.25, 0.3) is 20.0 Å². The third kappa shape index (κ3) is 1.23. The first kappa shape index (κ1) is 8.08. The SMILES string of the molecule is c1ccc(-c2cc3snnc3s2)cc1. The van der Waals surface area contributed by atoms with Crippen LogP contribution in [0.3, 0.4) is 0 Å². The van der Waals surface area contributed by atoms with Gasteiger partial charge in [0.25, 0.3) is 0 Å². The number of nitrogens with zero attached hydrogens (tertiary/aromatic N) is 2. The summed E-state index contributed by atoms with van der Waals surface area (Å²) in [6.07, 6.45) is 0. The first-order valence-electron chi connectivity index (χ1n) is 4.21. The van der Waals surface area contributed by atoms with Crippen LogP contribution in [0.2, 0.25) is 0 Å². The van der Waals surface area contributed by atoms with Crippen LogP contribution < -0.4 is 0 Å². The van der Waals surface area contributed by atoms with Gasteiger partial charge < -0.3 is 0 Å². The van der Waals surface area contributed by atoms with Crippen LogP contribution in [-0.4, -0.2) is 9.59 Å². The Bertz CT molecular complexity index is 525. The molecular formula is C10H6N2S2. The van der Waals surface area contributed by atoms with Gasteiger partial charge in [0.1, 0.15) is 0 Å². The number of benzene rings is 1. The third-order valence-corrected chi connectivity index (χ3v) is 3.88. The van der Waals surface area contributed by atoms with Crippen LogP contribution in [-0.2, 0) is 0 Å². The Kier molecular flexibility index (Phi) is 1.82. The lowest BCUT2D eigenvalue weighted by Gasteiger charge is -1.93. The molecule has 0 saturated carbocycles. The number of rotatable bonds is 1. The highest BCUT2D eigenvalue weighted by Gasteiger charge is 2.06. The first-order valence-corrected chi connectivity index (χ1v) is 5.80. The second kappa shape index (κ2) is 3.15. The van der Waals surface area contributed by atoms with E-state index < -0.39 is 0 Å². The highest BCUT2D eigenvalue weighted by Crippen LogP contribution is 2.33. The summed E-state index contributed by atoms with van der Waals surface area (Å²) in [5, 5.41) is 4.05. The molecule has 0 radical (unpaired) electrons. The van der Waals surface area contributed by atoms with Gasteiger partial charge >= 0.3 is 0 Å². The molecule has 2 aromatic heterocycles. The standard InChI is InChI=1S/C10H6N2S2/c1-2-4-7(5-3-1)8-6-9-10(13-8)11-12-14-9/h1-6H. The molecule has 0 spiro atoms. The highest BCUT2D eigenvalue weighted by atomic mass is 32.1. The number of thiophene rings is 1. The molecule has 2 heterocycles. The van der Waals surface area contributed by atoms with Crippen molar-refractivity contribution in [2.24, 2.45) is 0 Å². The van der Waals surface area contributed by atoms with Crippen LogP contribution in [0.1, 0.15) is 0 Å². The molecule has 4 heteroatoms. The summed E-state index contributed by atoms with van der Waals surface area (Å²) in [4.78, 5) is 2.30. The topological polar surface area (TPSA) is 25.8 Å². The van der Waals surface area contributed by atoms with Crippen molar-refractivity contribution in [1.82, 2.24) is 9.59 Å². The first-order chi connectivity index (χ1) is 6.93. The molecule has 2 nitrogen and oxygen atoms in total. The molecule has 0 unspecified atom stereocenters. The summed E-state index contributed by atoms with van der Waals surface area (Å²) < 4.78 is 5.07. The maximum atomic E-state index is 4.05. The maximum absolute atomic E-state index is 4.05. The Morgan fingerprint density at radius 2 is 1.93 bits per heavy atom. The van der Waals surface area contributed by atoms with E-state index >= 15 is 0 Å². The van der Waals surface area contributed by atoms with Gasteiger partial charge in [0.15, 0.2) is 4.83 Å². The summed E-state index contributed by atoms with van der Waals surface area (Å²) in [6.45, 7) is 0. The van der Waals surface area contributed by atoms with Crippen molar-refractivity contribution >= 4 is 32.4 Å². The normalized spacial score (nSPS) is 10.9. The van der Waals surface area contributed by atoms with Crippen LogP contribution in [0.4, 0.5) is 0 Å². The van der Waals surface area contributed by atoms with Crippen molar-refractivity contribution in [2.75, 3.05) is 0 Å². The van der Waals surface area contributed by atoms with Gasteiger partial charge in [-0.3, -0.25) is 0 Å². The molecule has 3 aromatic rings. The van der Waals surface area contributed by atoms with Gasteiger partial charge in [-0.2, -0.15) is 0 Å². The van der Waals surface area contributed by atoms with E-state index in [0.29, 0.717) is 0 Å². The van der Waals surface area contributed by atoms with Gasteiger partial charge in [-0.05, 0) is 23.2 Å². The van der Waals surface area contributed by atoms with Crippen LogP contribution in [0.15, 0.2) is 36.4 Å². The van der Waals surface area contributed by atoms with Crippen LogP contribution >= 0.6 is 22.9 Å². The summed E-state index contributed by atoms with van der Waals surface area (Å²) in [5.74, 6) is 0. The largest absolute Gasteiger partial charge is 0.159 e. The molecule has 68 valence electrons. The average Bonchev–Trinajstić information content (AvgIpc) is 2.78. The fourth-order valence-corrected chi connectivity index (χ4v) is 3.09. The number of aromatic nitrogens is 2. The fourth-order valence-electron chi connectivity index (χ4n) is 1.35. The summed E-state index contributed by atoms with van der Waals surface area (Å²) in [5.41, 5.74) is 1.25. The van der Waals surface area contributed by atoms with Crippen molar-refractivity contribution in [3.05, 3.63) is 36.4 Å². The molecule has 0 saturated heterocycles. The number of hydrogen-bond donors (Lipinski definition) is 0. The lowest BCUT2D eigenvalue weighted by molar-refractivity contribution is 1.21. The Hall–Kier alpha value is -1.26. The maximum Gasteiger partial charge on any atom is 0.159 e. The van der Waals surface area contributed by atoms with Crippen LogP contribution in [0.5, 0.6) is 0 Å². The highest BCUT2D eigenvalue weighted by molar-refractivity contribution is 7.26. The summed E-state index contributed by atoms with van der Waals surface area (Å²) in [7, 11) is 0. The van der Waals surface area contributed by atoms with E-state index in [1.54, 1.807) is 11.3 Å². The minimum atomic E-state index is 1.04. The minimum Gasteiger partial charge on any atom is -0.127 e. The predicted molar refractivity (Wildman–Crippen MR) is 60.7 cm³/mol. The summed E-state index contributed by atoms with van der Waals surface area (Å²) >= 11 is 3.15. The predicted octanol–water partition coefficient (Wildman–Crippen LogP) is 3.42. The van der Waals surface area contributed by atoms with E-state index in [1.807, 2.05) is 6.07 Å². The second-order valence-corrected chi connectivity index (χ2v) is 4.74. The molecule has 0 aliphatic heterocycles. The lowest BCUT2D eigenvalue weighted by Crippen LogP contribution is -1.68. The molecule has 0 aliphatic carbocycles. The Morgan fingerprint density at radius 3 is 2.71 bits per heavy atom. The molecule has 0 bridgehead atoms. The third-order valence-electron chi connectivity index (χ3n) is 2.01. The van der Waals surface area contributed by atoms with Gasteiger partial charge in [0.05, 0.1) is 4.70 Å². The molecule has 3 rings (SSSR count). The molecule has 0 fully saturated rings. The van der Waals surface area contributed by atoms with Gasteiger partial charge in [-0.1, -0.05) is 34.8 Å². The molecule has 0 amide bonds. The fraction of sp³-hybridized carbons (Fsp3) is 0. The molecule has 0 N–H and O–H groups in total. The molecule has 14 heavy (non-hydrogen) atoms. The van der Waals surface area contributed by atoms with Gasteiger partial charge in [0, 0.05) is 4.88 Å². The van der Waals surface area contributed by atoms with E-state index in [2.05, 4.69) is 39.9 Å². The van der Waals surface area contributed by atoms with E-state index in [4.69, 9.17) is 0 Å². The lowest BCUT2D eigenvalue weighted by atomic mass is 10.2. The van der Waals surface area contributed by atoms with Crippen molar-refractivity contribution in [2.45, 2.75) is 0 Å². The summed E-state index contributed by atoms with van der Waals surface area (Å²) in [6, 6.07) is 12.5. The zero-order chi connectivity index (χ0) is 9.38. The van der Waals surface area contributed by atoms with Gasteiger partial charge in [0.2, 0.25) is 0 Å². The van der Waals surface area contributed by atoms with E-state index in [-0.39, 0.29) is 0 Å². The average molecular weight is 218 g/mol. The minimum absolute atomic E-state index is 1.04. The molecule has 0 aliphatic rings. The molecule has 1 aromatic carbocycles. The van der Waals surface area contributed by atoms with Crippen molar-refractivity contribution < 1.29 is 0 Å². The van der Waals surface area contributed by atoms with E-state index in [9.17, 15) is 0 Å². The quantitative estimate of drug-likeness (QED) is 0.625. The Balaban J connectivity index is 2.19. The number of fused-ring (bicyclic) bond motifs is 1. The smallest absolute Gasteiger partial charge is 0.127 e. The second-order valence-electron chi connectivity index (χ2n) is 2.92. The zero-order valence-corrected chi connectivity index (χ0v) is 8.81. The molecule has 0 atom stereocenters. The van der Waals surface area contributed by atoms with Crippen LogP contribution in [0, 0.1) is 0 Å². The zero-order valence-electron chi connectivity index (χ0n) is 7.18. The Labute approximate surface area is 89.0 Å².